The molecule has 6 heteroatoms. The number of carbonyl (C=O) groups excluding carboxylic acids is 1. The van der Waals surface area contributed by atoms with Gasteiger partial charge in [-0.2, -0.15) is 0 Å². The van der Waals surface area contributed by atoms with E-state index in [2.05, 4.69) is 52.5 Å². The van der Waals surface area contributed by atoms with Crippen LogP contribution in [0.4, 0.5) is 0 Å². The average Bonchev–Trinajstić information content (AvgIpc) is 2.48. The highest BCUT2D eigenvalue weighted by atomic mass is 79.9. The number of amides is 1. The molecule has 2 rings (SSSR count). The van der Waals surface area contributed by atoms with Crippen LogP contribution in [0.15, 0.2) is 33.6 Å². The van der Waals surface area contributed by atoms with Gasteiger partial charge in [0.25, 0.3) is 0 Å². The maximum atomic E-state index is 12.1. The first kappa shape index (κ1) is 16.8. The fraction of sp³-hybridized carbons (Fsp3) is 0.533. The van der Waals surface area contributed by atoms with E-state index in [4.69, 9.17) is 4.74 Å². The van der Waals surface area contributed by atoms with Crippen LogP contribution in [0.3, 0.4) is 0 Å². The monoisotopic (exact) mass is 372 g/mol. The van der Waals surface area contributed by atoms with E-state index in [1.807, 2.05) is 12.1 Å². The predicted octanol–water partition coefficient (Wildman–Crippen LogP) is 2.42. The molecule has 1 saturated heterocycles. The van der Waals surface area contributed by atoms with Crippen molar-refractivity contribution in [2.45, 2.75) is 29.5 Å². The smallest absolute Gasteiger partial charge is 0.239 e. The molecule has 21 heavy (non-hydrogen) atoms. The number of halogens is 1. The Morgan fingerprint density at radius 1 is 1.48 bits per heavy atom. The van der Waals surface area contributed by atoms with Gasteiger partial charge in [-0.15, -0.1) is 11.8 Å². The van der Waals surface area contributed by atoms with E-state index >= 15 is 0 Å². The minimum atomic E-state index is -0.229. The van der Waals surface area contributed by atoms with Gasteiger partial charge in [0.2, 0.25) is 5.91 Å². The molecule has 4 nitrogen and oxygen atoms in total. The van der Waals surface area contributed by atoms with Crippen molar-refractivity contribution in [1.82, 2.24) is 10.6 Å². The maximum Gasteiger partial charge on any atom is 0.239 e. The normalized spacial score (nSPS) is 19.3. The number of ether oxygens (including phenoxy) is 1. The molecule has 1 amide bonds. The van der Waals surface area contributed by atoms with Gasteiger partial charge in [0.05, 0.1) is 13.2 Å². The van der Waals surface area contributed by atoms with E-state index in [1.165, 1.54) is 4.90 Å². The largest absolute Gasteiger partial charge is 0.378 e. The Hall–Kier alpha value is -0.560. The summed E-state index contributed by atoms with van der Waals surface area (Å²) in [5, 5.41) is 6.17. The molecule has 116 valence electrons. The molecule has 1 unspecified atom stereocenters. The lowest BCUT2D eigenvalue weighted by Crippen LogP contribution is -2.52. The van der Waals surface area contributed by atoms with Crippen LogP contribution in [0.1, 0.15) is 13.8 Å². The second-order valence-corrected chi connectivity index (χ2v) is 8.31. The highest BCUT2D eigenvalue weighted by molar-refractivity contribution is 9.10. The van der Waals surface area contributed by atoms with Crippen molar-refractivity contribution in [3.63, 3.8) is 0 Å². The Morgan fingerprint density at radius 2 is 2.19 bits per heavy atom. The van der Waals surface area contributed by atoms with Crippen LogP contribution in [-0.2, 0) is 9.53 Å². The number of carbonyl (C=O) groups is 1. The van der Waals surface area contributed by atoms with Gasteiger partial charge in [-0.25, -0.2) is 0 Å². The van der Waals surface area contributed by atoms with Gasteiger partial charge in [0.15, 0.2) is 0 Å². The first-order chi connectivity index (χ1) is 9.96. The number of nitrogens with one attached hydrogen (secondary N) is 2. The quantitative estimate of drug-likeness (QED) is 0.779. The van der Waals surface area contributed by atoms with E-state index in [9.17, 15) is 4.79 Å². The number of rotatable bonds is 5. The molecule has 0 radical (unpaired) electrons. The second kappa shape index (κ2) is 7.63. The van der Waals surface area contributed by atoms with Crippen LogP contribution in [0.2, 0.25) is 0 Å². The van der Waals surface area contributed by atoms with Crippen molar-refractivity contribution < 1.29 is 9.53 Å². The summed E-state index contributed by atoms with van der Waals surface area (Å²) in [6, 6.07) is 7.98. The molecule has 0 saturated carbocycles. The Morgan fingerprint density at radius 3 is 2.81 bits per heavy atom. The zero-order valence-corrected chi connectivity index (χ0v) is 14.7. The van der Waals surface area contributed by atoms with Crippen LogP contribution in [0.25, 0.3) is 0 Å². The summed E-state index contributed by atoms with van der Waals surface area (Å²) in [6.45, 7) is 6.73. The molecule has 1 aromatic rings. The Kier molecular flexibility index (Phi) is 6.10. The summed E-state index contributed by atoms with van der Waals surface area (Å²) in [5.74, 6) is 0.0131. The summed E-state index contributed by atoms with van der Waals surface area (Å²) >= 11 is 5.19. The van der Waals surface area contributed by atoms with Gasteiger partial charge in [0.1, 0.15) is 6.04 Å². The number of morpholine rings is 1. The lowest BCUT2D eigenvalue weighted by molar-refractivity contribution is -0.125. The summed E-state index contributed by atoms with van der Waals surface area (Å²) < 4.78 is 6.31. The van der Waals surface area contributed by atoms with Crippen molar-refractivity contribution in [3.05, 3.63) is 28.7 Å². The topological polar surface area (TPSA) is 50.4 Å². The summed E-state index contributed by atoms with van der Waals surface area (Å²) in [6.07, 6.45) is 0. The summed E-state index contributed by atoms with van der Waals surface area (Å²) in [4.78, 5) is 13.3. The molecule has 2 N–H and O–H groups in total. The third-order valence-electron chi connectivity index (χ3n) is 3.13. The average molecular weight is 373 g/mol. The number of benzene rings is 1. The molecule has 1 fully saturated rings. The molecular weight excluding hydrogens is 352 g/mol. The third-order valence-corrected chi connectivity index (χ3v) is 4.87. The van der Waals surface area contributed by atoms with Gasteiger partial charge in [-0.3, -0.25) is 4.79 Å². The lowest BCUT2D eigenvalue weighted by atomic mass is 10.2. The first-order valence-electron chi connectivity index (χ1n) is 7.00. The van der Waals surface area contributed by atoms with Gasteiger partial charge >= 0.3 is 0 Å². The zero-order chi connectivity index (χ0) is 15.3. The van der Waals surface area contributed by atoms with Gasteiger partial charge in [0, 0.05) is 27.2 Å². The minimum Gasteiger partial charge on any atom is -0.378 e. The van der Waals surface area contributed by atoms with E-state index in [0.29, 0.717) is 19.8 Å². The fourth-order valence-electron chi connectivity index (χ4n) is 2.01. The van der Waals surface area contributed by atoms with Crippen molar-refractivity contribution >= 4 is 33.6 Å². The van der Waals surface area contributed by atoms with Crippen LogP contribution in [0.5, 0.6) is 0 Å². The van der Waals surface area contributed by atoms with Crippen LogP contribution < -0.4 is 10.6 Å². The molecule has 1 atom stereocenters. The fourth-order valence-corrected chi connectivity index (χ4v) is 3.33. The van der Waals surface area contributed by atoms with Crippen molar-refractivity contribution in [1.29, 1.82) is 0 Å². The summed E-state index contributed by atoms with van der Waals surface area (Å²) in [5.41, 5.74) is 0. The van der Waals surface area contributed by atoms with Gasteiger partial charge < -0.3 is 15.4 Å². The second-order valence-electron chi connectivity index (χ2n) is 5.62. The number of hydrogen-bond acceptors (Lipinski definition) is 4. The van der Waals surface area contributed by atoms with Crippen LogP contribution in [0, 0.1) is 0 Å². The molecule has 0 spiro atoms. The van der Waals surface area contributed by atoms with Gasteiger partial charge in [-0.05, 0) is 38.1 Å². The number of hydrogen-bond donors (Lipinski definition) is 2. The van der Waals surface area contributed by atoms with Crippen molar-refractivity contribution in [3.8, 4) is 0 Å². The molecule has 1 aromatic carbocycles. The first-order valence-corrected chi connectivity index (χ1v) is 8.61. The minimum absolute atomic E-state index is 0.0131. The van der Waals surface area contributed by atoms with Crippen molar-refractivity contribution in [2.75, 3.05) is 26.3 Å². The van der Waals surface area contributed by atoms with E-state index < -0.39 is 0 Å². The van der Waals surface area contributed by atoms with E-state index in [1.54, 1.807) is 11.8 Å². The Labute approximate surface area is 138 Å². The molecule has 0 aromatic heterocycles. The molecule has 0 aliphatic carbocycles. The molecule has 1 heterocycles. The third kappa shape index (κ3) is 5.62. The summed E-state index contributed by atoms with van der Waals surface area (Å²) in [7, 11) is 0. The standard InChI is InChI=1S/C15H21BrN2O2S/c1-15(2,21-12-5-3-11(16)4-6-12)10-18-14(19)13-9-20-8-7-17-13/h3-6,13,17H,7-10H2,1-2H3,(H,18,19). The highest BCUT2D eigenvalue weighted by Gasteiger charge is 2.25. The Balaban J connectivity index is 1.82. The predicted molar refractivity (Wildman–Crippen MR) is 89.7 cm³/mol. The van der Waals surface area contributed by atoms with Crippen molar-refractivity contribution in [2.24, 2.45) is 0 Å². The zero-order valence-electron chi connectivity index (χ0n) is 12.3. The molecule has 0 bridgehead atoms. The number of thioether (sulfide) groups is 1. The van der Waals surface area contributed by atoms with E-state index in [-0.39, 0.29) is 16.7 Å². The van der Waals surface area contributed by atoms with E-state index in [0.717, 1.165) is 11.0 Å². The highest BCUT2D eigenvalue weighted by Crippen LogP contribution is 2.32. The molecule has 1 aliphatic heterocycles. The van der Waals surface area contributed by atoms with Gasteiger partial charge in [-0.1, -0.05) is 15.9 Å². The SMILES string of the molecule is CC(C)(CNC(=O)C1COCCN1)Sc1ccc(Br)cc1. The lowest BCUT2D eigenvalue weighted by Gasteiger charge is -2.27. The van der Waals surface area contributed by atoms with Crippen LogP contribution in [-0.4, -0.2) is 43.0 Å². The Bertz CT molecular complexity index is 473. The molecular formula is C15H21BrN2O2S. The molecule has 1 aliphatic rings. The van der Waals surface area contributed by atoms with Crippen LogP contribution >= 0.6 is 27.7 Å². The maximum absolute atomic E-state index is 12.1.